The molecule has 0 saturated heterocycles. The van der Waals surface area contributed by atoms with Crippen LogP contribution in [0.1, 0.15) is 11.3 Å². The largest absolute Gasteiger partial charge is 0.502 e. The first kappa shape index (κ1) is 15.4. The molecule has 0 bridgehead atoms. The van der Waals surface area contributed by atoms with Crippen molar-refractivity contribution in [2.45, 2.75) is 0 Å². The summed E-state index contributed by atoms with van der Waals surface area (Å²) in [7, 11) is 0. The van der Waals surface area contributed by atoms with Crippen LogP contribution in [0.25, 0.3) is 0 Å². The second-order valence-electron chi connectivity index (χ2n) is 3.85. The molecular formula is C10H8BrN7O4. The van der Waals surface area contributed by atoms with Crippen molar-refractivity contribution in [2.75, 3.05) is 5.73 Å². The number of aromatic nitrogens is 2. The van der Waals surface area contributed by atoms with Crippen LogP contribution in [0, 0.1) is 10.1 Å². The topological polar surface area (TPSA) is 179 Å². The van der Waals surface area contributed by atoms with Gasteiger partial charge in [-0.25, -0.2) is 4.63 Å². The van der Waals surface area contributed by atoms with Crippen molar-refractivity contribution in [1.29, 1.82) is 0 Å². The number of nitrogens with zero attached hydrogens (tertiary/aromatic N) is 5. The first-order chi connectivity index (χ1) is 10.4. The molecule has 0 radical (unpaired) electrons. The van der Waals surface area contributed by atoms with Crippen LogP contribution in [0.4, 0.5) is 11.5 Å². The maximum Gasteiger partial charge on any atom is 0.312 e. The summed E-state index contributed by atoms with van der Waals surface area (Å²) in [5.74, 6) is -0.773. The molecule has 12 heteroatoms. The molecule has 0 aliphatic rings. The molecular weight excluding hydrogens is 362 g/mol. The second-order valence-corrected chi connectivity index (χ2v) is 4.76. The van der Waals surface area contributed by atoms with Crippen LogP contribution in [0.15, 0.2) is 31.4 Å². The summed E-state index contributed by atoms with van der Waals surface area (Å²) in [5, 5.41) is 34.5. The lowest BCUT2D eigenvalue weighted by Crippen LogP contribution is -2.15. The molecule has 0 spiro atoms. The van der Waals surface area contributed by atoms with E-state index in [1.54, 1.807) is 0 Å². The summed E-state index contributed by atoms with van der Waals surface area (Å²) in [4.78, 5) is 10.1. The first-order valence-electron chi connectivity index (χ1n) is 5.52. The van der Waals surface area contributed by atoms with Gasteiger partial charge in [0.2, 0.25) is 5.75 Å². The highest BCUT2D eigenvalue weighted by atomic mass is 79.9. The molecule has 0 unspecified atom stereocenters. The number of phenolic OH excluding ortho intramolecular Hbond substituents is 1. The zero-order valence-corrected chi connectivity index (χ0v) is 12.3. The van der Waals surface area contributed by atoms with Crippen molar-refractivity contribution in [2.24, 2.45) is 15.9 Å². The first-order valence-corrected chi connectivity index (χ1v) is 6.31. The van der Waals surface area contributed by atoms with Gasteiger partial charge < -0.3 is 16.6 Å². The molecule has 1 aromatic carbocycles. The Labute approximate surface area is 130 Å². The second kappa shape index (κ2) is 6.17. The van der Waals surface area contributed by atoms with Crippen LogP contribution in [0.2, 0.25) is 0 Å². The van der Waals surface area contributed by atoms with Crippen LogP contribution in [-0.4, -0.2) is 32.4 Å². The summed E-state index contributed by atoms with van der Waals surface area (Å²) >= 11 is 3.09. The monoisotopic (exact) mass is 369 g/mol. The number of hydrogen-bond donors (Lipinski definition) is 3. The van der Waals surface area contributed by atoms with E-state index in [-0.39, 0.29) is 22.9 Å². The Balaban J connectivity index is 2.31. The molecule has 0 atom stereocenters. The van der Waals surface area contributed by atoms with Crippen molar-refractivity contribution < 1.29 is 14.7 Å². The van der Waals surface area contributed by atoms with E-state index in [2.05, 4.69) is 41.1 Å². The number of nitrogen functional groups attached to an aromatic ring is 1. The van der Waals surface area contributed by atoms with Crippen molar-refractivity contribution in [1.82, 2.24) is 10.3 Å². The third kappa shape index (κ3) is 3.17. The number of nitrogens with two attached hydrogens (primary N) is 2. The number of halogens is 1. The van der Waals surface area contributed by atoms with Crippen LogP contribution >= 0.6 is 15.9 Å². The minimum absolute atomic E-state index is 0.0154. The number of nitro groups is 1. The molecule has 0 amide bonds. The van der Waals surface area contributed by atoms with Gasteiger partial charge in [-0.2, -0.15) is 5.10 Å². The number of benzene rings is 1. The van der Waals surface area contributed by atoms with Crippen molar-refractivity contribution in [3.05, 3.63) is 38.0 Å². The van der Waals surface area contributed by atoms with Gasteiger partial charge in [-0.3, -0.25) is 10.1 Å². The smallest absolute Gasteiger partial charge is 0.312 e. The zero-order valence-electron chi connectivity index (χ0n) is 10.7. The number of hydrogen-bond acceptors (Lipinski definition) is 9. The molecule has 0 saturated carbocycles. The van der Waals surface area contributed by atoms with Crippen LogP contribution in [0.5, 0.6) is 5.75 Å². The number of aromatic hydroxyl groups is 1. The molecule has 0 fully saturated rings. The molecule has 11 nitrogen and oxygen atoms in total. The van der Waals surface area contributed by atoms with E-state index < -0.39 is 16.4 Å². The van der Waals surface area contributed by atoms with Crippen LogP contribution < -0.4 is 11.5 Å². The van der Waals surface area contributed by atoms with Gasteiger partial charge in [0.15, 0.2) is 17.3 Å². The predicted octanol–water partition coefficient (Wildman–Crippen LogP) is 0.767. The number of amidine groups is 1. The van der Waals surface area contributed by atoms with Crippen molar-refractivity contribution >= 4 is 39.5 Å². The van der Waals surface area contributed by atoms with Gasteiger partial charge in [0.05, 0.1) is 11.1 Å². The van der Waals surface area contributed by atoms with E-state index >= 15 is 0 Å². The quantitative estimate of drug-likeness (QED) is 0.305. The van der Waals surface area contributed by atoms with Crippen molar-refractivity contribution in [3.63, 3.8) is 0 Å². The Morgan fingerprint density at radius 1 is 1.50 bits per heavy atom. The Kier molecular flexibility index (Phi) is 4.31. The van der Waals surface area contributed by atoms with E-state index in [9.17, 15) is 15.2 Å². The Hall–Kier alpha value is -3.02. The van der Waals surface area contributed by atoms with Crippen LogP contribution in [-0.2, 0) is 0 Å². The Bertz CT molecular complexity index is 786. The van der Waals surface area contributed by atoms with E-state index in [1.807, 2.05) is 0 Å². The van der Waals surface area contributed by atoms with Gasteiger partial charge in [-0.1, -0.05) is 15.9 Å². The van der Waals surface area contributed by atoms with Gasteiger partial charge in [-0.05, 0) is 16.4 Å². The fourth-order valence-corrected chi connectivity index (χ4v) is 1.88. The standard InChI is InChI=1S/C10H8BrN7O4/c11-5-1-4(8(19)6(2-5)18(20)21)3-14-15-9(12)7-10(13)17-22-16-7/h1-3,19H,(H2,12,15)(H2,13,17). The lowest BCUT2D eigenvalue weighted by Gasteiger charge is -2.00. The molecule has 2 aromatic rings. The lowest BCUT2D eigenvalue weighted by molar-refractivity contribution is -0.385. The van der Waals surface area contributed by atoms with Gasteiger partial charge in [0.1, 0.15) is 0 Å². The van der Waals surface area contributed by atoms with E-state index in [1.165, 1.54) is 6.07 Å². The number of rotatable bonds is 4. The summed E-state index contributed by atoms with van der Waals surface area (Å²) in [6.07, 6.45) is 1.09. The normalized spacial score (nSPS) is 12.0. The highest BCUT2D eigenvalue weighted by molar-refractivity contribution is 9.10. The van der Waals surface area contributed by atoms with E-state index in [0.29, 0.717) is 4.47 Å². The van der Waals surface area contributed by atoms with Gasteiger partial charge in [0, 0.05) is 16.1 Å². The molecule has 0 aliphatic heterocycles. The number of anilines is 1. The lowest BCUT2D eigenvalue weighted by atomic mass is 10.2. The number of nitro benzene ring substituents is 1. The minimum Gasteiger partial charge on any atom is -0.502 e. The Morgan fingerprint density at radius 2 is 2.23 bits per heavy atom. The van der Waals surface area contributed by atoms with Gasteiger partial charge in [-0.15, -0.1) is 5.10 Å². The summed E-state index contributed by atoms with van der Waals surface area (Å²) in [6, 6.07) is 2.58. The SMILES string of the molecule is NC(=NN=Cc1cc(Br)cc([N+](=O)[O-])c1O)c1nonc1N. The molecule has 1 heterocycles. The zero-order chi connectivity index (χ0) is 16.3. The van der Waals surface area contributed by atoms with Gasteiger partial charge >= 0.3 is 5.69 Å². The van der Waals surface area contributed by atoms with Crippen LogP contribution in [0.3, 0.4) is 0 Å². The Morgan fingerprint density at radius 3 is 2.82 bits per heavy atom. The average molecular weight is 370 g/mol. The maximum absolute atomic E-state index is 10.8. The fraction of sp³-hybridized carbons (Fsp3) is 0. The molecule has 1 aromatic heterocycles. The third-order valence-electron chi connectivity index (χ3n) is 2.40. The van der Waals surface area contributed by atoms with Crippen molar-refractivity contribution in [3.8, 4) is 5.75 Å². The molecule has 114 valence electrons. The maximum atomic E-state index is 10.8. The molecule has 2 rings (SSSR count). The molecule has 5 N–H and O–H groups in total. The van der Waals surface area contributed by atoms with E-state index in [4.69, 9.17) is 11.5 Å². The average Bonchev–Trinajstić information content (AvgIpc) is 2.88. The molecule has 0 aliphatic carbocycles. The summed E-state index contributed by atoms with van der Waals surface area (Å²) in [5.41, 5.74) is 10.6. The van der Waals surface area contributed by atoms with E-state index in [0.717, 1.165) is 12.3 Å². The summed E-state index contributed by atoms with van der Waals surface area (Å²) in [6.45, 7) is 0. The fourth-order valence-electron chi connectivity index (χ4n) is 1.42. The highest BCUT2D eigenvalue weighted by Gasteiger charge is 2.17. The summed E-state index contributed by atoms with van der Waals surface area (Å²) < 4.78 is 4.74. The molecule has 22 heavy (non-hydrogen) atoms. The van der Waals surface area contributed by atoms with Gasteiger partial charge in [0.25, 0.3) is 0 Å². The number of phenols is 1. The minimum atomic E-state index is -0.725. The predicted molar refractivity (Wildman–Crippen MR) is 79.5 cm³/mol. The third-order valence-corrected chi connectivity index (χ3v) is 2.86. The highest BCUT2D eigenvalue weighted by Crippen LogP contribution is 2.32.